The Labute approximate surface area is 190 Å². The Morgan fingerprint density at radius 2 is 2.03 bits per heavy atom. The van der Waals surface area contributed by atoms with Gasteiger partial charge in [-0.1, -0.05) is 6.07 Å². The highest BCUT2D eigenvalue weighted by atomic mass is 32.1. The number of rotatable bonds is 7. The summed E-state index contributed by atoms with van der Waals surface area (Å²) in [4.78, 5) is 11.0. The van der Waals surface area contributed by atoms with Crippen molar-refractivity contribution in [3.8, 4) is 0 Å². The topological polar surface area (TPSA) is 56.0 Å². The van der Waals surface area contributed by atoms with E-state index in [0.717, 1.165) is 43.7 Å². The van der Waals surface area contributed by atoms with Gasteiger partial charge in [-0.05, 0) is 88.8 Å². The molecule has 2 N–H and O–H groups in total. The Hall–Kier alpha value is -1.83. The fourth-order valence-electron chi connectivity index (χ4n) is 5.12. The number of hydrogen-bond acceptors (Lipinski definition) is 5. The van der Waals surface area contributed by atoms with E-state index in [1.807, 2.05) is 25.3 Å². The van der Waals surface area contributed by atoms with Crippen LogP contribution in [0.15, 0.2) is 39.1 Å². The van der Waals surface area contributed by atoms with Gasteiger partial charge in [0.1, 0.15) is 11.5 Å². The van der Waals surface area contributed by atoms with E-state index in [4.69, 9.17) is 4.42 Å². The zero-order valence-corrected chi connectivity index (χ0v) is 20.0. The molecule has 2 saturated heterocycles. The Balaban J connectivity index is 1.36. The maximum absolute atomic E-state index is 6.00. The van der Waals surface area contributed by atoms with Crippen molar-refractivity contribution < 1.29 is 4.42 Å². The first-order valence-corrected chi connectivity index (χ1v) is 12.5. The van der Waals surface area contributed by atoms with Crippen molar-refractivity contribution in [3.05, 3.63) is 46.0 Å². The molecule has 0 spiro atoms. The molecule has 31 heavy (non-hydrogen) atoms. The molecule has 2 aliphatic heterocycles. The summed E-state index contributed by atoms with van der Waals surface area (Å²) >= 11 is 1.87. The third kappa shape index (κ3) is 5.51. The molecule has 0 bridgehead atoms. The quantitative estimate of drug-likeness (QED) is 0.500. The molecular formula is C24H37N5OS. The van der Waals surface area contributed by atoms with Crippen LogP contribution in [-0.2, 0) is 0 Å². The van der Waals surface area contributed by atoms with Crippen LogP contribution < -0.4 is 10.6 Å². The number of nitrogens with one attached hydrogen (secondary N) is 2. The number of aryl methyl sites for hydroxylation is 1. The van der Waals surface area contributed by atoms with E-state index >= 15 is 0 Å². The number of piperidine rings is 1. The van der Waals surface area contributed by atoms with Gasteiger partial charge in [-0.25, -0.2) is 0 Å². The second-order valence-electron chi connectivity index (χ2n) is 8.88. The van der Waals surface area contributed by atoms with E-state index in [1.165, 1.54) is 37.1 Å². The highest BCUT2D eigenvalue weighted by Gasteiger charge is 2.31. The van der Waals surface area contributed by atoms with Crippen LogP contribution in [0.25, 0.3) is 0 Å². The van der Waals surface area contributed by atoms with E-state index in [0.29, 0.717) is 12.0 Å². The minimum Gasteiger partial charge on any atom is -0.465 e. The molecule has 4 heterocycles. The fraction of sp³-hybridized carbons (Fsp3) is 0.625. The van der Waals surface area contributed by atoms with E-state index in [1.54, 1.807) is 0 Å². The van der Waals surface area contributed by atoms with Gasteiger partial charge in [0, 0.05) is 31.1 Å². The third-order valence-electron chi connectivity index (χ3n) is 6.73. The summed E-state index contributed by atoms with van der Waals surface area (Å²) in [6, 6.07) is 9.37. The summed E-state index contributed by atoms with van der Waals surface area (Å²) in [5.74, 6) is 3.49. The normalized spacial score (nSPS) is 24.4. The zero-order valence-electron chi connectivity index (χ0n) is 19.1. The van der Waals surface area contributed by atoms with Crippen LogP contribution >= 0.6 is 11.3 Å². The van der Waals surface area contributed by atoms with Crippen LogP contribution in [0.4, 0.5) is 0 Å². The van der Waals surface area contributed by atoms with Crippen LogP contribution in [0.2, 0.25) is 0 Å². The Morgan fingerprint density at radius 1 is 1.19 bits per heavy atom. The first kappa shape index (κ1) is 22.4. The Bertz CT molecular complexity index is 827. The van der Waals surface area contributed by atoms with Crippen LogP contribution in [-0.4, -0.2) is 62.6 Å². The molecule has 0 saturated carbocycles. The van der Waals surface area contributed by atoms with Crippen molar-refractivity contribution in [2.75, 3.05) is 46.8 Å². The number of nitrogens with zero attached hydrogens (tertiary/aromatic N) is 3. The van der Waals surface area contributed by atoms with Gasteiger partial charge in [0.15, 0.2) is 5.96 Å². The number of guanidine groups is 1. The summed E-state index contributed by atoms with van der Waals surface area (Å²) in [7, 11) is 4.12. The lowest BCUT2D eigenvalue weighted by atomic mass is 9.88. The highest BCUT2D eigenvalue weighted by Crippen LogP contribution is 2.36. The van der Waals surface area contributed by atoms with Gasteiger partial charge >= 0.3 is 0 Å². The maximum atomic E-state index is 6.00. The fourth-order valence-corrected chi connectivity index (χ4v) is 6.10. The van der Waals surface area contributed by atoms with Gasteiger partial charge in [-0.3, -0.25) is 14.8 Å². The second kappa shape index (κ2) is 10.7. The summed E-state index contributed by atoms with van der Waals surface area (Å²) in [6.07, 6.45) is 5.04. The van der Waals surface area contributed by atoms with Gasteiger partial charge < -0.3 is 15.1 Å². The summed E-state index contributed by atoms with van der Waals surface area (Å²) < 4.78 is 6.00. The smallest absolute Gasteiger partial charge is 0.191 e. The van der Waals surface area contributed by atoms with Gasteiger partial charge in [0.25, 0.3) is 0 Å². The van der Waals surface area contributed by atoms with Gasteiger partial charge in [0.2, 0.25) is 0 Å². The van der Waals surface area contributed by atoms with E-state index in [2.05, 4.69) is 62.1 Å². The molecule has 2 aromatic heterocycles. The number of hydrogen-bond donors (Lipinski definition) is 2. The van der Waals surface area contributed by atoms with Gasteiger partial charge in [-0.2, -0.15) is 0 Å². The van der Waals surface area contributed by atoms with Crippen molar-refractivity contribution in [1.29, 1.82) is 0 Å². The zero-order chi connectivity index (χ0) is 21.6. The lowest BCUT2D eigenvalue weighted by Crippen LogP contribution is -2.46. The van der Waals surface area contributed by atoms with Crippen molar-refractivity contribution in [2.24, 2.45) is 10.9 Å². The Kier molecular flexibility index (Phi) is 7.69. The number of thiophene rings is 1. The van der Waals surface area contributed by atoms with E-state index in [-0.39, 0.29) is 6.04 Å². The molecule has 170 valence electrons. The average Bonchev–Trinajstić information content (AvgIpc) is 3.54. The van der Waals surface area contributed by atoms with Crippen molar-refractivity contribution in [1.82, 2.24) is 20.4 Å². The minimum atomic E-state index is 0.245. The molecule has 2 fully saturated rings. The molecule has 0 radical (unpaired) electrons. The maximum Gasteiger partial charge on any atom is 0.191 e. The monoisotopic (exact) mass is 443 g/mol. The first-order valence-electron chi connectivity index (χ1n) is 11.6. The number of aliphatic imine (C=N–C) groups is 1. The van der Waals surface area contributed by atoms with Crippen LogP contribution in [0, 0.1) is 12.8 Å². The predicted octanol–water partition coefficient (Wildman–Crippen LogP) is 4.03. The second-order valence-corrected chi connectivity index (χ2v) is 9.86. The molecule has 6 nitrogen and oxygen atoms in total. The van der Waals surface area contributed by atoms with Crippen molar-refractivity contribution in [2.45, 2.75) is 44.7 Å². The molecule has 0 amide bonds. The van der Waals surface area contributed by atoms with Crippen molar-refractivity contribution >= 4 is 17.3 Å². The van der Waals surface area contributed by atoms with E-state index in [9.17, 15) is 0 Å². The average molecular weight is 444 g/mol. The predicted molar refractivity (Wildman–Crippen MR) is 129 cm³/mol. The first-order chi connectivity index (χ1) is 15.2. The summed E-state index contributed by atoms with van der Waals surface area (Å²) in [5, 5.41) is 9.39. The molecule has 2 aliphatic rings. The Morgan fingerprint density at radius 3 is 2.71 bits per heavy atom. The number of likely N-dealkylation sites (tertiary alicyclic amines) is 2. The lowest BCUT2D eigenvalue weighted by Gasteiger charge is -2.39. The largest absolute Gasteiger partial charge is 0.465 e. The van der Waals surface area contributed by atoms with E-state index < -0.39 is 0 Å². The highest BCUT2D eigenvalue weighted by molar-refractivity contribution is 7.10. The molecule has 3 atom stereocenters. The lowest BCUT2D eigenvalue weighted by molar-refractivity contribution is 0.125. The number of furan rings is 1. The summed E-state index contributed by atoms with van der Waals surface area (Å²) in [6.45, 7) is 7.19. The molecule has 2 aromatic rings. The SMILES string of the molecule is CN=C(NCC1CCCN(C)C1c1cccs1)NCC(c1ccc(C)o1)N1CCCC1. The third-order valence-corrected chi connectivity index (χ3v) is 7.67. The van der Waals surface area contributed by atoms with Crippen molar-refractivity contribution in [3.63, 3.8) is 0 Å². The van der Waals surface area contributed by atoms with Crippen LogP contribution in [0.3, 0.4) is 0 Å². The standard InChI is InChI=1S/C24H37N5OS/c1-18-10-11-21(30-18)20(29-13-4-5-14-29)17-27-24(25-2)26-16-19-8-6-12-28(3)23(19)22-9-7-15-31-22/h7,9-11,15,19-20,23H,4-6,8,12-14,16-17H2,1-3H3,(H2,25,26,27). The van der Waals surface area contributed by atoms with Gasteiger partial charge in [0.05, 0.1) is 6.04 Å². The molecule has 0 aliphatic carbocycles. The molecule has 3 unspecified atom stereocenters. The molecule has 0 aromatic carbocycles. The van der Waals surface area contributed by atoms with Crippen LogP contribution in [0.5, 0.6) is 0 Å². The van der Waals surface area contributed by atoms with Gasteiger partial charge in [-0.15, -0.1) is 11.3 Å². The minimum absolute atomic E-state index is 0.245. The van der Waals surface area contributed by atoms with Crippen LogP contribution in [0.1, 0.15) is 54.2 Å². The molecular weight excluding hydrogens is 406 g/mol. The summed E-state index contributed by atoms with van der Waals surface area (Å²) in [5.41, 5.74) is 0. The molecule has 7 heteroatoms. The molecule has 4 rings (SSSR count).